The zero-order valence-electron chi connectivity index (χ0n) is 15.9. The minimum atomic E-state index is -3.05. The Bertz CT molecular complexity index is 585. The van der Waals surface area contributed by atoms with Gasteiger partial charge in [-0.2, -0.15) is 0 Å². The first-order valence-electron chi connectivity index (χ1n) is 9.48. The van der Waals surface area contributed by atoms with Gasteiger partial charge in [-0.15, -0.1) is 24.0 Å². The lowest BCUT2D eigenvalue weighted by molar-refractivity contribution is 0.156. The zero-order chi connectivity index (χ0) is 17.9. The van der Waals surface area contributed by atoms with Crippen LogP contribution in [0.5, 0.6) is 0 Å². The van der Waals surface area contributed by atoms with Crippen molar-refractivity contribution in [2.24, 2.45) is 16.3 Å². The van der Waals surface area contributed by atoms with Crippen molar-refractivity contribution in [3.8, 4) is 0 Å². The van der Waals surface area contributed by atoms with Crippen molar-refractivity contribution in [3.05, 3.63) is 0 Å². The highest BCUT2D eigenvalue weighted by Crippen LogP contribution is 2.38. The number of piperidine rings is 1. The van der Waals surface area contributed by atoms with Gasteiger partial charge < -0.3 is 15.0 Å². The molecule has 0 aliphatic carbocycles. The average molecular weight is 500 g/mol. The SMILES string of the molecule is CCNC(=NCC1CCN(S(C)(=O)=O)CC1)N1CCC2(CCOC2)C1.I. The van der Waals surface area contributed by atoms with Crippen molar-refractivity contribution >= 4 is 40.0 Å². The fraction of sp³-hybridized carbons (Fsp3) is 0.941. The van der Waals surface area contributed by atoms with E-state index in [-0.39, 0.29) is 24.0 Å². The second-order valence-electron chi connectivity index (χ2n) is 7.77. The number of hydrogen-bond donors (Lipinski definition) is 1. The van der Waals surface area contributed by atoms with Crippen molar-refractivity contribution in [3.63, 3.8) is 0 Å². The van der Waals surface area contributed by atoms with Gasteiger partial charge in [0, 0.05) is 51.3 Å². The maximum absolute atomic E-state index is 11.6. The Morgan fingerprint density at radius 2 is 2.00 bits per heavy atom. The minimum absolute atomic E-state index is 0. The molecule has 0 bridgehead atoms. The lowest BCUT2D eigenvalue weighted by Crippen LogP contribution is -2.42. The Morgan fingerprint density at radius 3 is 2.58 bits per heavy atom. The van der Waals surface area contributed by atoms with Crippen LogP contribution in [0.3, 0.4) is 0 Å². The van der Waals surface area contributed by atoms with Crippen molar-refractivity contribution < 1.29 is 13.2 Å². The fourth-order valence-corrected chi connectivity index (χ4v) is 5.03. The van der Waals surface area contributed by atoms with Crippen LogP contribution in [0.4, 0.5) is 0 Å². The van der Waals surface area contributed by atoms with E-state index in [1.807, 2.05) is 0 Å². The van der Waals surface area contributed by atoms with Gasteiger partial charge in [-0.25, -0.2) is 12.7 Å². The monoisotopic (exact) mass is 500 g/mol. The number of sulfonamides is 1. The summed E-state index contributed by atoms with van der Waals surface area (Å²) in [6.07, 6.45) is 5.43. The zero-order valence-corrected chi connectivity index (χ0v) is 19.1. The van der Waals surface area contributed by atoms with Crippen molar-refractivity contribution in [1.82, 2.24) is 14.5 Å². The van der Waals surface area contributed by atoms with Crippen LogP contribution in [0.15, 0.2) is 4.99 Å². The summed E-state index contributed by atoms with van der Waals surface area (Å²) in [4.78, 5) is 7.26. The standard InChI is InChI=1S/C17H32N4O3S.HI/c1-3-18-16(20-10-6-17(13-20)7-11-24-14-17)19-12-15-4-8-21(9-5-15)25(2,22)23;/h15H,3-14H2,1-2H3,(H,18,19);1H. The molecule has 0 saturated carbocycles. The van der Waals surface area contributed by atoms with E-state index in [4.69, 9.17) is 9.73 Å². The first-order chi connectivity index (χ1) is 11.9. The summed E-state index contributed by atoms with van der Waals surface area (Å²) in [6, 6.07) is 0. The van der Waals surface area contributed by atoms with Crippen LogP contribution < -0.4 is 5.32 Å². The van der Waals surface area contributed by atoms with Gasteiger partial charge in [0.25, 0.3) is 0 Å². The summed E-state index contributed by atoms with van der Waals surface area (Å²) in [5.41, 5.74) is 0.330. The molecule has 3 rings (SSSR count). The summed E-state index contributed by atoms with van der Waals surface area (Å²) in [7, 11) is -3.05. The lowest BCUT2D eigenvalue weighted by Gasteiger charge is -2.30. The molecule has 1 N–H and O–H groups in total. The summed E-state index contributed by atoms with van der Waals surface area (Å²) < 4.78 is 30.4. The molecule has 0 aromatic heterocycles. The third kappa shape index (κ3) is 5.45. The molecule has 3 aliphatic rings. The summed E-state index contributed by atoms with van der Waals surface area (Å²) in [5.74, 6) is 1.48. The van der Waals surface area contributed by atoms with Crippen LogP contribution in [-0.2, 0) is 14.8 Å². The highest BCUT2D eigenvalue weighted by Gasteiger charge is 2.42. The molecule has 7 nitrogen and oxygen atoms in total. The van der Waals surface area contributed by atoms with Crippen molar-refractivity contribution in [1.29, 1.82) is 0 Å². The summed E-state index contributed by atoms with van der Waals surface area (Å²) >= 11 is 0. The Hall–Kier alpha value is -0.130. The second-order valence-corrected chi connectivity index (χ2v) is 9.76. The highest BCUT2D eigenvalue weighted by molar-refractivity contribution is 14.0. The molecular formula is C17H33IN4O3S. The predicted octanol–water partition coefficient (Wildman–Crippen LogP) is 1.35. The van der Waals surface area contributed by atoms with Gasteiger partial charge in [-0.1, -0.05) is 0 Å². The molecule has 0 aromatic rings. The molecule has 152 valence electrons. The van der Waals surface area contributed by atoms with E-state index in [2.05, 4.69) is 17.1 Å². The maximum atomic E-state index is 11.6. The normalized spacial score (nSPS) is 28.5. The molecular weight excluding hydrogens is 467 g/mol. The number of nitrogens with zero attached hydrogens (tertiary/aromatic N) is 3. The van der Waals surface area contributed by atoms with E-state index in [0.717, 1.165) is 64.6 Å². The number of aliphatic imine (C=N–C) groups is 1. The number of rotatable bonds is 4. The molecule has 0 radical (unpaired) electrons. The van der Waals surface area contributed by atoms with E-state index in [9.17, 15) is 8.42 Å². The van der Waals surface area contributed by atoms with Crippen LogP contribution in [-0.4, -0.2) is 82.3 Å². The van der Waals surface area contributed by atoms with E-state index in [1.54, 1.807) is 4.31 Å². The molecule has 0 amide bonds. The van der Waals surface area contributed by atoms with Crippen LogP contribution >= 0.6 is 24.0 Å². The van der Waals surface area contributed by atoms with Crippen molar-refractivity contribution in [2.75, 3.05) is 58.7 Å². The molecule has 26 heavy (non-hydrogen) atoms. The Morgan fingerprint density at radius 1 is 1.27 bits per heavy atom. The number of likely N-dealkylation sites (tertiary alicyclic amines) is 1. The van der Waals surface area contributed by atoms with Crippen LogP contribution in [0.2, 0.25) is 0 Å². The smallest absolute Gasteiger partial charge is 0.211 e. The number of ether oxygens (including phenoxy) is 1. The van der Waals surface area contributed by atoms with Crippen LogP contribution in [0, 0.1) is 11.3 Å². The number of guanidine groups is 1. The summed E-state index contributed by atoms with van der Waals surface area (Å²) in [6.45, 7) is 8.84. The third-order valence-corrected chi connectivity index (χ3v) is 7.10. The molecule has 1 unspecified atom stereocenters. The van der Waals surface area contributed by atoms with E-state index >= 15 is 0 Å². The van der Waals surface area contributed by atoms with E-state index in [0.29, 0.717) is 24.4 Å². The largest absolute Gasteiger partial charge is 0.381 e. The van der Waals surface area contributed by atoms with Gasteiger partial charge in [-0.05, 0) is 38.5 Å². The van der Waals surface area contributed by atoms with Crippen LogP contribution in [0.25, 0.3) is 0 Å². The first kappa shape index (κ1) is 22.2. The van der Waals surface area contributed by atoms with Gasteiger partial charge in [0.15, 0.2) is 5.96 Å². The Kier molecular flexibility index (Phi) is 7.99. The quantitative estimate of drug-likeness (QED) is 0.359. The van der Waals surface area contributed by atoms with Gasteiger partial charge in [0.05, 0.1) is 12.9 Å². The highest BCUT2D eigenvalue weighted by atomic mass is 127. The predicted molar refractivity (Wildman–Crippen MR) is 115 cm³/mol. The maximum Gasteiger partial charge on any atom is 0.211 e. The molecule has 1 atom stereocenters. The van der Waals surface area contributed by atoms with Gasteiger partial charge in [0.1, 0.15) is 0 Å². The van der Waals surface area contributed by atoms with Crippen LogP contribution in [0.1, 0.15) is 32.6 Å². The van der Waals surface area contributed by atoms with Gasteiger partial charge in [0.2, 0.25) is 10.0 Å². The Balaban J connectivity index is 0.00000243. The third-order valence-electron chi connectivity index (χ3n) is 5.80. The number of nitrogens with one attached hydrogen (secondary N) is 1. The molecule has 3 aliphatic heterocycles. The minimum Gasteiger partial charge on any atom is -0.381 e. The van der Waals surface area contributed by atoms with E-state index < -0.39 is 10.0 Å². The topological polar surface area (TPSA) is 74.2 Å². The first-order valence-corrected chi connectivity index (χ1v) is 11.3. The molecule has 3 saturated heterocycles. The summed E-state index contributed by atoms with van der Waals surface area (Å²) in [5, 5.41) is 3.43. The Labute approximate surface area is 175 Å². The molecule has 3 fully saturated rings. The molecule has 3 heterocycles. The van der Waals surface area contributed by atoms with Gasteiger partial charge >= 0.3 is 0 Å². The fourth-order valence-electron chi connectivity index (χ4n) is 4.15. The van der Waals surface area contributed by atoms with Crippen molar-refractivity contribution in [2.45, 2.75) is 32.6 Å². The average Bonchev–Trinajstić information content (AvgIpc) is 3.21. The lowest BCUT2D eigenvalue weighted by atomic mass is 9.87. The molecule has 9 heteroatoms. The number of hydrogen-bond acceptors (Lipinski definition) is 4. The second kappa shape index (κ2) is 9.38. The van der Waals surface area contributed by atoms with E-state index in [1.165, 1.54) is 12.7 Å². The molecule has 1 spiro atoms. The van der Waals surface area contributed by atoms with Gasteiger partial charge in [-0.3, -0.25) is 4.99 Å². The molecule has 0 aromatic carbocycles. The number of halogens is 1.